The van der Waals surface area contributed by atoms with Gasteiger partial charge >= 0.3 is 0 Å². The molecule has 9 nitrogen and oxygen atoms in total. The van der Waals surface area contributed by atoms with Crippen molar-refractivity contribution in [3.05, 3.63) is 35.1 Å². The van der Waals surface area contributed by atoms with Gasteiger partial charge in [-0.15, -0.1) is 0 Å². The number of aromatic amines is 1. The number of carbonyl (C=O) groups excluding carboxylic acids is 1. The van der Waals surface area contributed by atoms with Gasteiger partial charge in [0.2, 0.25) is 10.0 Å². The molecule has 1 saturated heterocycles. The molecule has 0 unspecified atom stereocenters. The lowest BCUT2D eigenvalue weighted by Gasteiger charge is -2.25. The second-order valence-electron chi connectivity index (χ2n) is 5.91. The molecule has 152 valence electrons. The summed E-state index contributed by atoms with van der Waals surface area (Å²) in [7, 11) is -0.805. The lowest BCUT2D eigenvalue weighted by atomic mass is 10.2. The molecule has 0 bridgehead atoms. The molecule has 3 rings (SSSR count). The molecular weight excluding hydrogens is 410 g/mol. The van der Waals surface area contributed by atoms with Crippen molar-refractivity contribution in [3.8, 4) is 11.5 Å². The molecule has 0 radical (unpaired) electrons. The lowest BCUT2D eigenvalue weighted by molar-refractivity contribution is 0.0730. The van der Waals surface area contributed by atoms with E-state index in [0.717, 1.165) is 0 Å². The van der Waals surface area contributed by atoms with Crippen molar-refractivity contribution in [3.63, 3.8) is 0 Å². The highest BCUT2D eigenvalue weighted by Crippen LogP contribution is 2.36. The van der Waals surface area contributed by atoms with Gasteiger partial charge in [-0.05, 0) is 6.07 Å². The first-order valence-electron chi connectivity index (χ1n) is 8.36. The molecule has 0 spiro atoms. The Morgan fingerprint density at radius 3 is 2.50 bits per heavy atom. The Morgan fingerprint density at radius 1 is 1.18 bits per heavy atom. The van der Waals surface area contributed by atoms with Crippen LogP contribution in [0.15, 0.2) is 29.3 Å². The van der Waals surface area contributed by atoms with Crippen molar-refractivity contribution in [2.24, 2.45) is 0 Å². The van der Waals surface area contributed by atoms with Crippen LogP contribution in [0.25, 0.3) is 0 Å². The van der Waals surface area contributed by atoms with Gasteiger partial charge in [-0.25, -0.2) is 8.42 Å². The Morgan fingerprint density at radius 2 is 1.86 bits per heavy atom. The first-order chi connectivity index (χ1) is 13.4. The van der Waals surface area contributed by atoms with E-state index < -0.39 is 15.9 Å². The van der Waals surface area contributed by atoms with Crippen molar-refractivity contribution in [2.75, 3.05) is 45.8 Å². The van der Waals surface area contributed by atoms with E-state index in [1.165, 1.54) is 42.9 Å². The van der Waals surface area contributed by atoms with Gasteiger partial charge in [-0.1, -0.05) is 11.6 Å². The zero-order valence-electron chi connectivity index (χ0n) is 15.3. The summed E-state index contributed by atoms with van der Waals surface area (Å²) in [5.74, 6) is 0.165. The number of carbonyl (C=O) groups is 1. The van der Waals surface area contributed by atoms with Crippen LogP contribution in [-0.4, -0.2) is 64.1 Å². The number of nitrogens with one attached hydrogen (secondary N) is 2. The summed E-state index contributed by atoms with van der Waals surface area (Å²) < 4.78 is 42.2. The van der Waals surface area contributed by atoms with Gasteiger partial charge in [0, 0.05) is 31.4 Å². The van der Waals surface area contributed by atoms with Crippen LogP contribution in [0.4, 0.5) is 5.69 Å². The van der Waals surface area contributed by atoms with Crippen molar-refractivity contribution in [1.82, 2.24) is 9.29 Å². The summed E-state index contributed by atoms with van der Waals surface area (Å²) in [5, 5.41) is 2.99. The standard InChI is InChI=1S/C17H20ClN3O6S/c1-25-15-9-13(16(26-2)8-12(15)18)20-17(22)14-7-11(10-19-14)28(23,24)21-3-5-27-6-4-21/h7-10,19H,3-6H2,1-2H3,(H,20,22). The summed E-state index contributed by atoms with van der Waals surface area (Å²) >= 11 is 6.06. The summed E-state index contributed by atoms with van der Waals surface area (Å²) in [4.78, 5) is 15.3. The normalized spacial score (nSPS) is 15.2. The first-order valence-corrected chi connectivity index (χ1v) is 10.2. The van der Waals surface area contributed by atoms with Gasteiger partial charge in [-0.2, -0.15) is 4.31 Å². The molecule has 2 heterocycles. The van der Waals surface area contributed by atoms with E-state index in [0.29, 0.717) is 35.4 Å². The molecule has 1 aliphatic heterocycles. The summed E-state index contributed by atoms with van der Waals surface area (Å²) in [6.07, 6.45) is 1.29. The van der Waals surface area contributed by atoms with Crippen LogP contribution >= 0.6 is 11.6 Å². The number of methoxy groups -OCH3 is 2. The molecule has 11 heteroatoms. The number of sulfonamides is 1. The Labute approximate surface area is 167 Å². The van der Waals surface area contributed by atoms with E-state index in [4.69, 9.17) is 25.8 Å². The van der Waals surface area contributed by atoms with E-state index in [1.54, 1.807) is 0 Å². The summed E-state index contributed by atoms with van der Waals surface area (Å²) in [5.41, 5.74) is 0.420. The zero-order chi connectivity index (χ0) is 20.3. The lowest BCUT2D eigenvalue weighted by Crippen LogP contribution is -2.40. The van der Waals surface area contributed by atoms with Gasteiger partial charge < -0.3 is 24.5 Å². The van der Waals surface area contributed by atoms with Crippen molar-refractivity contribution < 1.29 is 27.4 Å². The minimum absolute atomic E-state index is 0.0141. The van der Waals surface area contributed by atoms with Crippen molar-refractivity contribution >= 4 is 33.2 Å². The van der Waals surface area contributed by atoms with E-state index in [1.807, 2.05) is 0 Å². The van der Waals surface area contributed by atoms with Crippen molar-refractivity contribution in [2.45, 2.75) is 4.90 Å². The molecule has 1 aromatic carbocycles. The number of H-pyrrole nitrogens is 1. The Balaban J connectivity index is 1.81. The predicted molar refractivity (Wildman–Crippen MR) is 103 cm³/mol. The van der Waals surface area contributed by atoms with Crippen LogP contribution in [0, 0.1) is 0 Å². The topological polar surface area (TPSA) is 110 Å². The van der Waals surface area contributed by atoms with E-state index >= 15 is 0 Å². The first kappa shape index (κ1) is 20.5. The van der Waals surface area contributed by atoms with Gasteiger partial charge in [0.1, 0.15) is 22.1 Å². The number of halogens is 1. The zero-order valence-corrected chi connectivity index (χ0v) is 16.9. The maximum absolute atomic E-state index is 12.7. The van der Waals surface area contributed by atoms with Crippen molar-refractivity contribution in [1.29, 1.82) is 0 Å². The fraction of sp³-hybridized carbons (Fsp3) is 0.353. The Kier molecular flexibility index (Phi) is 6.14. The molecule has 2 aromatic rings. The average molecular weight is 430 g/mol. The molecule has 0 aliphatic carbocycles. The largest absolute Gasteiger partial charge is 0.495 e. The summed E-state index contributed by atoms with van der Waals surface area (Å²) in [6.45, 7) is 1.23. The molecule has 28 heavy (non-hydrogen) atoms. The molecule has 0 atom stereocenters. The molecule has 0 saturated carbocycles. The maximum Gasteiger partial charge on any atom is 0.272 e. The SMILES string of the molecule is COc1cc(NC(=O)c2cc(S(=O)(=O)N3CCOCC3)c[nH]2)c(OC)cc1Cl. The van der Waals surface area contributed by atoms with Crippen LogP contribution in [0.5, 0.6) is 11.5 Å². The quantitative estimate of drug-likeness (QED) is 0.726. The Bertz CT molecular complexity index is 969. The third kappa shape index (κ3) is 4.09. The van der Waals surface area contributed by atoms with Gasteiger partial charge in [0.15, 0.2) is 0 Å². The number of aromatic nitrogens is 1. The van der Waals surface area contributed by atoms with Crippen LogP contribution < -0.4 is 14.8 Å². The number of benzene rings is 1. The second-order valence-corrected chi connectivity index (χ2v) is 8.25. The second kappa shape index (κ2) is 8.39. The maximum atomic E-state index is 12.7. The number of ether oxygens (including phenoxy) is 3. The van der Waals surface area contributed by atoms with E-state index in [2.05, 4.69) is 10.3 Å². The molecule has 1 aliphatic rings. The fourth-order valence-electron chi connectivity index (χ4n) is 2.74. The Hall–Kier alpha value is -2.27. The number of hydrogen-bond acceptors (Lipinski definition) is 6. The van der Waals surface area contributed by atoms with Crippen LogP contribution in [0.3, 0.4) is 0 Å². The number of amides is 1. The fourth-order valence-corrected chi connectivity index (χ4v) is 4.37. The molecule has 2 N–H and O–H groups in total. The van der Waals surface area contributed by atoms with Crippen LogP contribution in [0.2, 0.25) is 5.02 Å². The highest BCUT2D eigenvalue weighted by atomic mass is 35.5. The highest BCUT2D eigenvalue weighted by molar-refractivity contribution is 7.89. The number of hydrogen-bond donors (Lipinski definition) is 2. The third-order valence-corrected chi connectivity index (χ3v) is 6.40. The monoisotopic (exact) mass is 429 g/mol. The third-order valence-electron chi connectivity index (χ3n) is 4.23. The van der Waals surface area contributed by atoms with Crippen LogP contribution in [-0.2, 0) is 14.8 Å². The number of rotatable bonds is 6. The predicted octanol–water partition coefficient (Wildman–Crippen LogP) is 1.96. The molecule has 1 amide bonds. The average Bonchev–Trinajstić information content (AvgIpc) is 3.21. The van der Waals surface area contributed by atoms with Gasteiger partial charge in [0.25, 0.3) is 5.91 Å². The number of nitrogens with zero attached hydrogens (tertiary/aromatic N) is 1. The van der Waals surface area contributed by atoms with Gasteiger partial charge in [0.05, 0.1) is 38.1 Å². The summed E-state index contributed by atoms with van der Waals surface area (Å²) in [6, 6.07) is 4.33. The minimum Gasteiger partial charge on any atom is -0.495 e. The van der Waals surface area contributed by atoms with E-state index in [9.17, 15) is 13.2 Å². The highest BCUT2D eigenvalue weighted by Gasteiger charge is 2.28. The molecule has 1 fully saturated rings. The van der Waals surface area contributed by atoms with Crippen LogP contribution in [0.1, 0.15) is 10.5 Å². The van der Waals surface area contributed by atoms with Gasteiger partial charge in [-0.3, -0.25) is 4.79 Å². The molecular formula is C17H20ClN3O6S. The minimum atomic E-state index is -3.70. The smallest absolute Gasteiger partial charge is 0.272 e. The number of anilines is 1. The number of morpholine rings is 1. The van der Waals surface area contributed by atoms with E-state index in [-0.39, 0.29) is 23.7 Å². The molecule has 1 aromatic heterocycles.